The largest absolute Gasteiger partial charge is 0.494 e. The van der Waals surface area contributed by atoms with Crippen molar-refractivity contribution in [1.29, 1.82) is 0 Å². The van der Waals surface area contributed by atoms with Gasteiger partial charge >= 0.3 is 0 Å². The van der Waals surface area contributed by atoms with Crippen molar-refractivity contribution in [1.82, 2.24) is 0 Å². The Balaban J connectivity index is 2.41. The van der Waals surface area contributed by atoms with E-state index in [9.17, 15) is 0 Å². The summed E-state index contributed by atoms with van der Waals surface area (Å²) in [5.41, 5.74) is 5.91. The lowest BCUT2D eigenvalue weighted by Gasteiger charge is -2.13. The molecule has 0 unspecified atom stereocenters. The van der Waals surface area contributed by atoms with Crippen LogP contribution in [-0.4, -0.2) is 13.7 Å². The van der Waals surface area contributed by atoms with E-state index in [1.54, 1.807) is 7.11 Å². The lowest BCUT2D eigenvalue weighted by molar-refractivity contribution is 0.184. The minimum atomic E-state index is 0.566. The molecule has 0 N–H and O–H groups in total. The van der Waals surface area contributed by atoms with E-state index in [2.05, 4.69) is 56.0 Å². The fourth-order valence-corrected chi connectivity index (χ4v) is 2.49. The molecule has 0 aromatic heterocycles. The molecule has 116 valence electrons. The smallest absolute Gasteiger partial charge is 0.119 e. The summed E-state index contributed by atoms with van der Waals surface area (Å²) in [7, 11) is 1.72. The molecule has 2 rings (SSSR count). The highest BCUT2D eigenvalue weighted by Gasteiger charge is 2.10. The predicted molar refractivity (Wildman–Crippen MR) is 93.3 cm³/mol. The van der Waals surface area contributed by atoms with Gasteiger partial charge in [0.05, 0.1) is 13.2 Å². The topological polar surface area (TPSA) is 18.5 Å². The Morgan fingerprint density at radius 3 is 2.82 bits per heavy atom. The average Bonchev–Trinajstić information content (AvgIpc) is 2.72. The molecule has 0 saturated heterocycles. The Morgan fingerprint density at radius 1 is 1.27 bits per heavy atom. The normalized spacial score (nSPS) is 14.1. The summed E-state index contributed by atoms with van der Waals surface area (Å²) >= 11 is 0. The Hall–Kier alpha value is -2.06. The van der Waals surface area contributed by atoms with E-state index in [0.717, 1.165) is 17.5 Å². The Bertz CT molecular complexity index is 633. The lowest BCUT2D eigenvalue weighted by atomic mass is 9.96. The van der Waals surface area contributed by atoms with Crippen LogP contribution < -0.4 is 0 Å². The second-order valence-corrected chi connectivity index (χ2v) is 5.40. The van der Waals surface area contributed by atoms with E-state index in [0.29, 0.717) is 19.0 Å². The maximum Gasteiger partial charge on any atom is 0.119 e. The van der Waals surface area contributed by atoms with Crippen LogP contribution in [0.15, 0.2) is 54.7 Å². The zero-order chi connectivity index (χ0) is 15.9. The van der Waals surface area contributed by atoms with Crippen molar-refractivity contribution in [3.63, 3.8) is 0 Å². The van der Waals surface area contributed by atoms with E-state index in [-0.39, 0.29) is 0 Å². The van der Waals surface area contributed by atoms with Crippen LogP contribution in [0.25, 0.3) is 11.3 Å². The molecule has 1 aliphatic carbocycles. The fraction of sp³-hybridized carbons (Fsp3) is 0.300. The van der Waals surface area contributed by atoms with Gasteiger partial charge in [-0.2, -0.15) is 0 Å². The molecule has 0 spiro atoms. The standard InChI is InChI=1S/C20H24O2/c1-5-22-16(3)18-11-12-20(19(13-18)14-21-4)17-8-6-7-15(2)9-10-17/h6,8-13H,3,5,7,14H2,1-2,4H3. The molecule has 1 aromatic carbocycles. The fourth-order valence-electron chi connectivity index (χ4n) is 2.49. The molecule has 1 aliphatic rings. The molecule has 22 heavy (non-hydrogen) atoms. The summed E-state index contributed by atoms with van der Waals surface area (Å²) in [5.74, 6) is 0.701. The SMILES string of the molecule is C=C(OCC)c1ccc(C2=CC=C(C)CC=C2)c(COC)c1. The van der Waals surface area contributed by atoms with Crippen molar-refractivity contribution in [2.75, 3.05) is 13.7 Å². The van der Waals surface area contributed by atoms with Crippen LogP contribution in [0.5, 0.6) is 0 Å². The van der Waals surface area contributed by atoms with Crippen LogP contribution in [0.4, 0.5) is 0 Å². The molecule has 0 amide bonds. The summed E-state index contributed by atoms with van der Waals surface area (Å²) in [6, 6.07) is 6.29. The Labute approximate surface area is 133 Å². The molecular formula is C20H24O2. The molecule has 0 fully saturated rings. The van der Waals surface area contributed by atoms with Crippen molar-refractivity contribution in [2.45, 2.75) is 26.9 Å². The number of methoxy groups -OCH3 is 1. The third-order valence-corrected chi connectivity index (χ3v) is 3.64. The molecule has 2 heteroatoms. The van der Waals surface area contributed by atoms with E-state index in [4.69, 9.17) is 9.47 Å². The minimum Gasteiger partial charge on any atom is -0.494 e. The van der Waals surface area contributed by atoms with Gasteiger partial charge < -0.3 is 9.47 Å². The van der Waals surface area contributed by atoms with Gasteiger partial charge in [-0.05, 0) is 43.0 Å². The van der Waals surface area contributed by atoms with Crippen molar-refractivity contribution >= 4 is 11.3 Å². The van der Waals surface area contributed by atoms with Crippen LogP contribution in [0, 0.1) is 0 Å². The first kappa shape index (κ1) is 16.3. The molecule has 0 saturated carbocycles. The second kappa shape index (κ2) is 7.81. The molecule has 0 bridgehead atoms. The number of rotatable bonds is 6. The summed E-state index contributed by atoms with van der Waals surface area (Å²) in [6.45, 7) is 9.28. The van der Waals surface area contributed by atoms with Gasteiger partial charge in [0, 0.05) is 12.7 Å². The van der Waals surface area contributed by atoms with Crippen molar-refractivity contribution < 1.29 is 9.47 Å². The Morgan fingerprint density at radius 2 is 2.09 bits per heavy atom. The summed E-state index contributed by atoms with van der Waals surface area (Å²) < 4.78 is 10.9. The van der Waals surface area contributed by atoms with Crippen LogP contribution in [-0.2, 0) is 16.1 Å². The molecule has 0 heterocycles. The van der Waals surface area contributed by atoms with Gasteiger partial charge in [-0.25, -0.2) is 0 Å². The predicted octanol–water partition coefficient (Wildman–Crippen LogP) is 5.13. The lowest BCUT2D eigenvalue weighted by Crippen LogP contribution is -1.98. The first-order valence-corrected chi connectivity index (χ1v) is 7.64. The molecule has 0 radical (unpaired) electrons. The molecular weight excluding hydrogens is 272 g/mol. The number of hydrogen-bond donors (Lipinski definition) is 0. The number of allylic oxidation sites excluding steroid dienone is 6. The highest BCUT2D eigenvalue weighted by molar-refractivity contribution is 5.79. The zero-order valence-electron chi connectivity index (χ0n) is 13.7. The number of hydrogen-bond acceptors (Lipinski definition) is 2. The maximum atomic E-state index is 5.51. The van der Waals surface area contributed by atoms with E-state index in [1.165, 1.54) is 16.7 Å². The van der Waals surface area contributed by atoms with Crippen LogP contribution >= 0.6 is 0 Å². The van der Waals surface area contributed by atoms with Gasteiger partial charge in [0.15, 0.2) is 0 Å². The van der Waals surface area contributed by atoms with Crippen LogP contribution in [0.3, 0.4) is 0 Å². The molecule has 0 atom stereocenters. The van der Waals surface area contributed by atoms with Crippen molar-refractivity contribution in [3.8, 4) is 0 Å². The third-order valence-electron chi connectivity index (χ3n) is 3.64. The van der Waals surface area contributed by atoms with Crippen molar-refractivity contribution in [2.24, 2.45) is 0 Å². The van der Waals surface area contributed by atoms with Crippen LogP contribution in [0.2, 0.25) is 0 Å². The van der Waals surface area contributed by atoms with Gasteiger partial charge in [0.1, 0.15) is 5.76 Å². The second-order valence-electron chi connectivity index (χ2n) is 5.40. The van der Waals surface area contributed by atoms with Gasteiger partial charge in [0.25, 0.3) is 0 Å². The first-order chi connectivity index (χ1) is 10.7. The average molecular weight is 296 g/mol. The summed E-state index contributed by atoms with van der Waals surface area (Å²) in [6.07, 6.45) is 9.73. The molecule has 0 aliphatic heterocycles. The van der Waals surface area contributed by atoms with Gasteiger partial charge in [0.2, 0.25) is 0 Å². The summed E-state index contributed by atoms with van der Waals surface area (Å²) in [5, 5.41) is 0. The maximum absolute atomic E-state index is 5.51. The zero-order valence-corrected chi connectivity index (χ0v) is 13.7. The van der Waals surface area contributed by atoms with Crippen molar-refractivity contribution in [3.05, 3.63) is 71.3 Å². The number of benzene rings is 1. The minimum absolute atomic E-state index is 0.566. The van der Waals surface area contributed by atoms with Gasteiger partial charge in [-0.1, -0.05) is 48.6 Å². The highest BCUT2D eigenvalue weighted by atomic mass is 16.5. The van der Waals surface area contributed by atoms with Gasteiger partial charge in [-0.15, -0.1) is 0 Å². The highest BCUT2D eigenvalue weighted by Crippen LogP contribution is 2.27. The third kappa shape index (κ3) is 3.99. The van der Waals surface area contributed by atoms with E-state index < -0.39 is 0 Å². The molecule has 1 aromatic rings. The van der Waals surface area contributed by atoms with E-state index in [1.807, 2.05) is 6.92 Å². The van der Waals surface area contributed by atoms with Crippen LogP contribution in [0.1, 0.15) is 37.0 Å². The van der Waals surface area contributed by atoms with E-state index >= 15 is 0 Å². The monoisotopic (exact) mass is 296 g/mol. The molecule has 2 nitrogen and oxygen atoms in total. The summed E-state index contributed by atoms with van der Waals surface area (Å²) in [4.78, 5) is 0. The Kier molecular flexibility index (Phi) is 5.79. The van der Waals surface area contributed by atoms with Gasteiger partial charge in [-0.3, -0.25) is 0 Å². The number of ether oxygens (including phenoxy) is 2. The quantitative estimate of drug-likeness (QED) is 0.677. The first-order valence-electron chi connectivity index (χ1n) is 7.64.